The van der Waals surface area contributed by atoms with Crippen molar-refractivity contribution in [3.8, 4) is 5.75 Å². The summed E-state index contributed by atoms with van der Waals surface area (Å²) in [4.78, 5) is 2.14. The minimum atomic E-state index is -0.418. The number of ether oxygens (including phenoxy) is 1. The van der Waals surface area contributed by atoms with Gasteiger partial charge in [0.15, 0.2) is 11.6 Å². The molecule has 1 aromatic carbocycles. The van der Waals surface area contributed by atoms with Crippen LogP contribution in [-0.4, -0.2) is 38.7 Å². The highest BCUT2D eigenvalue weighted by Gasteiger charge is 2.19. The first-order chi connectivity index (χ1) is 9.75. The highest BCUT2D eigenvalue weighted by molar-refractivity contribution is 5.68. The molecule has 0 unspecified atom stereocenters. The van der Waals surface area contributed by atoms with Crippen LogP contribution in [-0.2, 0) is 0 Å². The molecule has 4 nitrogen and oxygen atoms in total. The molecule has 5 heteroatoms. The van der Waals surface area contributed by atoms with E-state index in [0.29, 0.717) is 18.0 Å². The lowest BCUT2D eigenvalue weighted by molar-refractivity contribution is 0.254. The summed E-state index contributed by atoms with van der Waals surface area (Å²) in [6.45, 7) is 8.52. The number of rotatable bonds is 8. The van der Waals surface area contributed by atoms with E-state index in [1.54, 1.807) is 6.07 Å². The van der Waals surface area contributed by atoms with Crippen molar-refractivity contribution < 1.29 is 9.13 Å². The number of anilines is 2. The van der Waals surface area contributed by atoms with Crippen LogP contribution in [0.25, 0.3) is 0 Å². The number of nitrogens with zero attached hydrogens (tertiary/aromatic N) is 1. The molecule has 0 heterocycles. The van der Waals surface area contributed by atoms with E-state index in [9.17, 15) is 4.39 Å². The molecule has 0 saturated heterocycles. The Balaban J connectivity index is 2.78. The second-order valence-electron chi connectivity index (χ2n) is 6.47. The standard InChI is InChI=1S/C16H28FN3O/c1-6-7-21-15-9-14(13(18)8-12(15)17)19-10-16(2,3)11-20(4)5/h8-9,19H,6-7,10-11,18H2,1-5H3. The maximum Gasteiger partial charge on any atom is 0.167 e. The molecule has 120 valence electrons. The quantitative estimate of drug-likeness (QED) is 0.724. The fraction of sp³-hybridized carbons (Fsp3) is 0.625. The first-order valence-corrected chi connectivity index (χ1v) is 7.35. The van der Waals surface area contributed by atoms with Crippen LogP contribution in [0.15, 0.2) is 12.1 Å². The van der Waals surface area contributed by atoms with Gasteiger partial charge >= 0.3 is 0 Å². The van der Waals surface area contributed by atoms with Crippen LogP contribution in [0.5, 0.6) is 5.75 Å². The fourth-order valence-corrected chi connectivity index (χ4v) is 2.29. The molecule has 0 aliphatic rings. The molecule has 0 aliphatic carbocycles. The summed E-state index contributed by atoms with van der Waals surface area (Å²) < 4.78 is 19.2. The van der Waals surface area contributed by atoms with E-state index in [4.69, 9.17) is 10.5 Å². The van der Waals surface area contributed by atoms with Gasteiger partial charge in [0, 0.05) is 25.2 Å². The van der Waals surface area contributed by atoms with Crippen molar-refractivity contribution in [3.63, 3.8) is 0 Å². The number of nitrogens with two attached hydrogens (primary N) is 1. The Bertz CT molecular complexity index is 461. The van der Waals surface area contributed by atoms with Gasteiger partial charge in [0.05, 0.1) is 18.0 Å². The summed E-state index contributed by atoms with van der Waals surface area (Å²) in [5.41, 5.74) is 7.08. The molecule has 0 bridgehead atoms. The van der Waals surface area contributed by atoms with Crippen LogP contribution in [0, 0.1) is 11.2 Å². The Labute approximate surface area is 127 Å². The Hall–Kier alpha value is -1.49. The molecule has 1 rings (SSSR count). The molecular formula is C16H28FN3O. The molecular weight excluding hydrogens is 269 g/mol. The van der Waals surface area contributed by atoms with E-state index in [0.717, 1.165) is 19.5 Å². The SMILES string of the molecule is CCCOc1cc(NCC(C)(C)CN(C)C)c(N)cc1F. The Kier molecular flexibility index (Phi) is 6.27. The average Bonchev–Trinajstić information content (AvgIpc) is 2.35. The van der Waals surface area contributed by atoms with Crippen LogP contribution in [0.4, 0.5) is 15.8 Å². The van der Waals surface area contributed by atoms with Gasteiger partial charge in [-0.05, 0) is 25.9 Å². The first kappa shape index (κ1) is 17.6. The van der Waals surface area contributed by atoms with Crippen molar-refractivity contribution in [3.05, 3.63) is 17.9 Å². The van der Waals surface area contributed by atoms with Crippen molar-refractivity contribution in [1.29, 1.82) is 0 Å². The molecule has 1 aromatic rings. The number of nitrogens with one attached hydrogen (secondary N) is 1. The molecule has 0 saturated carbocycles. The van der Waals surface area contributed by atoms with Crippen LogP contribution in [0.3, 0.4) is 0 Å². The van der Waals surface area contributed by atoms with Crippen LogP contribution in [0.1, 0.15) is 27.2 Å². The van der Waals surface area contributed by atoms with Gasteiger partial charge in [-0.25, -0.2) is 4.39 Å². The zero-order valence-electron chi connectivity index (χ0n) is 13.8. The summed E-state index contributed by atoms with van der Waals surface area (Å²) in [5, 5.41) is 3.30. The topological polar surface area (TPSA) is 50.5 Å². The molecule has 0 spiro atoms. The number of hydrogen-bond donors (Lipinski definition) is 2. The van der Waals surface area contributed by atoms with E-state index in [-0.39, 0.29) is 11.2 Å². The monoisotopic (exact) mass is 297 g/mol. The normalized spacial score (nSPS) is 11.8. The largest absolute Gasteiger partial charge is 0.490 e. The van der Waals surface area contributed by atoms with Gasteiger partial charge in [0.1, 0.15) is 0 Å². The second-order valence-corrected chi connectivity index (χ2v) is 6.47. The lowest BCUT2D eigenvalue weighted by atomic mass is 9.93. The highest BCUT2D eigenvalue weighted by Crippen LogP contribution is 2.29. The Morgan fingerprint density at radius 2 is 2.00 bits per heavy atom. The summed E-state index contributed by atoms with van der Waals surface area (Å²) in [7, 11) is 4.09. The third kappa shape index (κ3) is 5.79. The average molecular weight is 297 g/mol. The molecule has 0 amide bonds. The molecule has 0 aliphatic heterocycles. The Morgan fingerprint density at radius 1 is 1.33 bits per heavy atom. The molecule has 21 heavy (non-hydrogen) atoms. The lowest BCUT2D eigenvalue weighted by Crippen LogP contribution is -2.34. The Morgan fingerprint density at radius 3 is 2.57 bits per heavy atom. The molecule has 0 atom stereocenters. The summed E-state index contributed by atoms with van der Waals surface area (Å²) >= 11 is 0. The number of benzene rings is 1. The van der Waals surface area contributed by atoms with Gasteiger partial charge < -0.3 is 20.7 Å². The summed E-state index contributed by atoms with van der Waals surface area (Å²) in [6.07, 6.45) is 0.836. The maximum absolute atomic E-state index is 13.8. The van der Waals surface area contributed by atoms with Gasteiger partial charge in [-0.15, -0.1) is 0 Å². The van der Waals surface area contributed by atoms with E-state index in [1.807, 2.05) is 21.0 Å². The number of halogens is 1. The van der Waals surface area contributed by atoms with Gasteiger partial charge in [-0.3, -0.25) is 0 Å². The second kappa shape index (κ2) is 7.50. The van der Waals surface area contributed by atoms with Crippen LogP contribution < -0.4 is 15.8 Å². The zero-order chi connectivity index (χ0) is 16.0. The third-order valence-electron chi connectivity index (χ3n) is 3.07. The minimum Gasteiger partial charge on any atom is -0.490 e. The van der Waals surface area contributed by atoms with E-state index < -0.39 is 5.82 Å². The molecule has 0 fully saturated rings. The zero-order valence-corrected chi connectivity index (χ0v) is 13.8. The summed E-state index contributed by atoms with van der Waals surface area (Å²) in [6, 6.07) is 2.96. The number of hydrogen-bond acceptors (Lipinski definition) is 4. The maximum atomic E-state index is 13.8. The van der Waals surface area contributed by atoms with Gasteiger partial charge in [-0.1, -0.05) is 20.8 Å². The first-order valence-electron chi connectivity index (χ1n) is 7.35. The van der Waals surface area contributed by atoms with Crippen molar-refractivity contribution in [1.82, 2.24) is 4.90 Å². The summed E-state index contributed by atoms with van der Waals surface area (Å²) in [5.74, 6) is -0.169. The van der Waals surface area contributed by atoms with E-state index in [2.05, 4.69) is 24.1 Å². The molecule has 0 radical (unpaired) electrons. The van der Waals surface area contributed by atoms with Gasteiger partial charge in [-0.2, -0.15) is 0 Å². The van der Waals surface area contributed by atoms with E-state index >= 15 is 0 Å². The van der Waals surface area contributed by atoms with Crippen LogP contribution >= 0.6 is 0 Å². The smallest absolute Gasteiger partial charge is 0.167 e. The number of nitrogen functional groups attached to an aromatic ring is 1. The predicted octanol–water partition coefficient (Wildman–Crippen LogP) is 3.20. The lowest BCUT2D eigenvalue weighted by Gasteiger charge is -2.29. The predicted molar refractivity (Wildman–Crippen MR) is 87.4 cm³/mol. The van der Waals surface area contributed by atoms with Crippen molar-refractivity contribution in [2.24, 2.45) is 5.41 Å². The van der Waals surface area contributed by atoms with Crippen molar-refractivity contribution in [2.45, 2.75) is 27.2 Å². The van der Waals surface area contributed by atoms with Crippen molar-refractivity contribution in [2.75, 3.05) is 44.8 Å². The highest BCUT2D eigenvalue weighted by atomic mass is 19.1. The molecule has 3 N–H and O–H groups in total. The fourth-order valence-electron chi connectivity index (χ4n) is 2.29. The minimum absolute atomic E-state index is 0.0781. The molecule has 0 aromatic heterocycles. The third-order valence-corrected chi connectivity index (χ3v) is 3.07. The van der Waals surface area contributed by atoms with Gasteiger partial charge in [0.25, 0.3) is 0 Å². The van der Waals surface area contributed by atoms with Crippen molar-refractivity contribution >= 4 is 11.4 Å². The van der Waals surface area contributed by atoms with Crippen LogP contribution in [0.2, 0.25) is 0 Å². The van der Waals surface area contributed by atoms with Gasteiger partial charge in [0.2, 0.25) is 0 Å². The van der Waals surface area contributed by atoms with E-state index in [1.165, 1.54) is 6.07 Å².